The van der Waals surface area contributed by atoms with Crippen LogP contribution in [0.4, 0.5) is 0 Å². The second kappa shape index (κ2) is 6.53. The summed E-state index contributed by atoms with van der Waals surface area (Å²) in [4.78, 5) is 0. The summed E-state index contributed by atoms with van der Waals surface area (Å²) >= 11 is 5.92. The molecule has 0 aromatic heterocycles. The van der Waals surface area contributed by atoms with Crippen molar-refractivity contribution in [2.75, 3.05) is 19.8 Å². The van der Waals surface area contributed by atoms with Crippen LogP contribution in [0.25, 0.3) is 0 Å². The Labute approximate surface area is 130 Å². The molecule has 2 unspecified atom stereocenters. The normalized spacial score (nSPS) is 27.9. The van der Waals surface area contributed by atoms with Gasteiger partial charge in [-0.1, -0.05) is 18.5 Å². The molecule has 0 radical (unpaired) electrons. The lowest BCUT2D eigenvalue weighted by Crippen LogP contribution is -2.53. The highest BCUT2D eigenvalue weighted by molar-refractivity contribution is 6.30. The maximum absolute atomic E-state index is 6.18. The second-order valence-corrected chi connectivity index (χ2v) is 6.06. The molecule has 1 N–H and O–H groups in total. The molecule has 3 rings (SSSR count). The van der Waals surface area contributed by atoms with Gasteiger partial charge < -0.3 is 19.5 Å². The quantitative estimate of drug-likeness (QED) is 0.928. The molecule has 0 amide bonds. The van der Waals surface area contributed by atoms with E-state index < -0.39 is 5.79 Å². The van der Waals surface area contributed by atoms with Gasteiger partial charge in [0.2, 0.25) is 0 Å². The topological polar surface area (TPSA) is 39.7 Å². The van der Waals surface area contributed by atoms with Crippen molar-refractivity contribution in [3.05, 3.63) is 29.3 Å². The molecular weight excluding hydrogens is 290 g/mol. The summed E-state index contributed by atoms with van der Waals surface area (Å²) in [7, 11) is 0. The van der Waals surface area contributed by atoms with Gasteiger partial charge in [-0.2, -0.15) is 0 Å². The van der Waals surface area contributed by atoms with Gasteiger partial charge in [-0.25, -0.2) is 0 Å². The first-order valence-corrected chi connectivity index (χ1v) is 8.02. The van der Waals surface area contributed by atoms with Crippen LogP contribution in [-0.2, 0) is 9.47 Å². The van der Waals surface area contributed by atoms with Gasteiger partial charge in [0.25, 0.3) is 0 Å². The number of benzene rings is 1. The molecule has 4 nitrogen and oxygen atoms in total. The molecule has 1 aliphatic heterocycles. The first kappa shape index (κ1) is 15.1. The molecule has 1 saturated carbocycles. The fraction of sp³-hybridized carbons (Fsp3) is 0.625. The average molecular weight is 312 g/mol. The van der Waals surface area contributed by atoms with Crippen molar-refractivity contribution >= 4 is 11.6 Å². The molecule has 1 spiro atoms. The summed E-state index contributed by atoms with van der Waals surface area (Å²) in [5.41, 5.74) is 0. The third kappa shape index (κ3) is 3.51. The Balaban J connectivity index is 1.72. The molecular formula is C16H22ClNO3. The van der Waals surface area contributed by atoms with E-state index in [2.05, 4.69) is 12.2 Å². The smallest absolute Gasteiger partial charge is 0.172 e. The molecule has 1 aromatic carbocycles. The highest BCUT2D eigenvalue weighted by Crippen LogP contribution is 2.37. The Morgan fingerprint density at radius 3 is 2.67 bits per heavy atom. The molecule has 1 aliphatic carbocycles. The van der Waals surface area contributed by atoms with Gasteiger partial charge in [0.15, 0.2) is 5.79 Å². The van der Waals surface area contributed by atoms with Crippen LogP contribution in [0.2, 0.25) is 5.02 Å². The van der Waals surface area contributed by atoms with Crippen molar-refractivity contribution < 1.29 is 14.2 Å². The largest absolute Gasteiger partial charge is 0.489 e. The predicted molar refractivity (Wildman–Crippen MR) is 81.8 cm³/mol. The van der Waals surface area contributed by atoms with Crippen molar-refractivity contribution in [3.8, 4) is 5.75 Å². The van der Waals surface area contributed by atoms with E-state index in [0.717, 1.165) is 31.6 Å². The van der Waals surface area contributed by atoms with E-state index in [9.17, 15) is 0 Å². The number of ether oxygens (including phenoxy) is 3. The van der Waals surface area contributed by atoms with Crippen LogP contribution in [-0.4, -0.2) is 37.7 Å². The Hall–Kier alpha value is -0.810. The minimum atomic E-state index is -0.441. The predicted octanol–water partition coefficient (Wildman–Crippen LogP) is 2.99. The van der Waals surface area contributed by atoms with Crippen LogP contribution in [0.15, 0.2) is 24.3 Å². The van der Waals surface area contributed by atoms with Gasteiger partial charge >= 0.3 is 0 Å². The van der Waals surface area contributed by atoms with Gasteiger partial charge in [0.1, 0.15) is 11.9 Å². The van der Waals surface area contributed by atoms with E-state index in [-0.39, 0.29) is 6.10 Å². The summed E-state index contributed by atoms with van der Waals surface area (Å²) < 4.78 is 17.9. The molecule has 1 heterocycles. The van der Waals surface area contributed by atoms with E-state index in [1.54, 1.807) is 0 Å². The summed E-state index contributed by atoms with van der Waals surface area (Å²) in [6, 6.07) is 7.83. The molecule has 1 aromatic rings. The lowest BCUT2D eigenvalue weighted by Gasteiger charge is -2.41. The minimum Gasteiger partial charge on any atom is -0.489 e. The summed E-state index contributed by atoms with van der Waals surface area (Å²) in [5, 5.41) is 4.23. The van der Waals surface area contributed by atoms with Crippen LogP contribution in [0.1, 0.15) is 26.2 Å². The molecule has 2 fully saturated rings. The van der Waals surface area contributed by atoms with Crippen LogP contribution in [0, 0.1) is 0 Å². The fourth-order valence-electron chi connectivity index (χ4n) is 3.18. The van der Waals surface area contributed by atoms with Gasteiger partial charge in [0, 0.05) is 23.9 Å². The number of halogens is 1. The Morgan fingerprint density at radius 1 is 1.29 bits per heavy atom. The number of nitrogens with one attached hydrogen (secondary N) is 1. The number of rotatable bonds is 4. The molecule has 1 saturated heterocycles. The molecule has 5 heteroatoms. The van der Waals surface area contributed by atoms with Gasteiger partial charge in [-0.15, -0.1) is 0 Å². The van der Waals surface area contributed by atoms with E-state index in [4.69, 9.17) is 25.8 Å². The number of likely N-dealkylation sites (N-methyl/N-ethyl adjacent to an activating group) is 1. The van der Waals surface area contributed by atoms with Crippen molar-refractivity contribution in [3.63, 3.8) is 0 Å². The fourth-order valence-corrected chi connectivity index (χ4v) is 3.30. The zero-order valence-corrected chi connectivity index (χ0v) is 13.1. The van der Waals surface area contributed by atoms with Crippen molar-refractivity contribution in [1.29, 1.82) is 0 Å². The van der Waals surface area contributed by atoms with Crippen LogP contribution >= 0.6 is 11.6 Å². The first-order chi connectivity index (χ1) is 10.2. The summed E-state index contributed by atoms with van der Waals surface area (Å²) in [6.07, 6.45) is 2.71. The first-order valence-electron chi connectivity index (χ1n) is 7.64. The van der Waals surface area contributed by atoms with Gasteiger partial charge in [-0.05, 0) is 37.2 Å². The lowest BCUT2D eigenvalue weighted by molar-refractivity contribution is -0.197. The van der Waals surface area contributed by atoms with E-state index in [1.807, 2.05) is 24.3 Å². The maximum Gasteiger partial charge on any atom is 0.172 e. The van der Waals surface area contributed by atoms with Gasteiger partial charge in [0.05, 0.1) is 13.2 Å². The number of hydrogen-bond acceptors (Lipinski definition) is 4. The molecule has 0 bridgehead atoms. The second-order valence-electron chi connectivity index (χ2n) is 5.62. The zero-order chi connectivity index (χ0) is 14.7. The van der Waals surface area contributed by atoms with E-state index >= 15 is 0 Å². The number of hydrogen-bond donors (Lipinski definition) is 1. The van der Waals surface area contributed by atoms with Crippen LogP contribution < -0.4 is 10.1 Å². The van der Waals surface area contributed by atoms with Crippen LogP contribution in [0.3, 0.4) is 0 Å². The van der Waals surface area contributed by atoms with Crippen molar-refractivity contribution in [2.45, 2.75) is 44.1 Å². The third-order valence-corrected chi connectivity index (χ3v) is 4.43. The van der Waals surface area contributed by atoms with E-state index in [1.165, 1.54) is 0 Å². The third-order valence-electron chi connectivity index (χ3n) is 4.18. The van der Waals surface area contributed by atoms with E-state index in [0.29, 0.717) is 24.3 Å². The molecule has 21 heavy (non-hydrogen) atoms. The Kier molecular flexibility index (Phi) is 4.69. The lowest BCUT2D eigenvalue weighted by atomic mass is 9.87. The molecule has 2 aliphatic rings. The highest BCUT2D eigenvalue weighted by Gasteiger charge is 2.46. The molecule has 116 valence electrons. The van der Waals surface area contributed by atoms with Crippen molar-refractivity contribution in [1.82, 2.24) is 5.32 Å². The van der Waals surface area contributed by atoms with Crippen molar-refractivity contribution in [2.24, 2.45) is 0 Å². The minimum absolute atomic E-state index is 0.0398. The standard InChI is InChI=1S/C16H22ClNO3/c1-2-18-14-7-8-16(19-9-10-20-16)11-15(14)21-13-5-3-12(17)4-6-13/h3-6,14-15,18H,2,7-11H2,1H3. The van der Waals surface area contributed by atoms with Gasteiger partial charge in [-0.3, -0.25) is 0 Å². The zero-order valence-electron chi connectivity index (χ0n) is 12.3. The van der Waals surface area contributed by atoms with Crippen LogP contribution in [0.5, 0.6) is 5.75 Å². The Bertz CT molecular complexity index is 459. The highest BCUT2D eigenvalue weighted by atomic mass is 35.5. The SMILES string of the molecule is CCNC1CCC2(CC1Oc1ccc(Cl)cc1)OCCO2. The summed E-state index contributed by atoms with van der Waals surface area (Å²) in [5.74, 6) is 0.394. The maximum atomic E-state index is 6.18. The average Bonchev–Trinajstić information content (AvgIpc) is 2.93. The Morgan fingerprint density at radius 2 is 2.00 bits per heavy atom. The molecule has 2 atom stereocenters. The monoisotopic (exact) mass is 311 g/mol. The summed E-state index contributed by atoms with van der Waals surface area (Å²) in [6.45, 7) is 4.41.